The van der Waals surface area contributed by atoms with Crippen molar-refractivity contribution < 1.29 is 10.2 Å². The highest BCUT2D eigenvalue weighted by Crippen LogP contribution is 2.16. The van der Waals surface area contributed by atoms with Crippen LogP contribution in [0.2, 0.25) is 0 Å². The van der Waals surface area contributed by atoms with Gasteiger partial charge in [0.1, 0.15) is 18.4 Å². The third-order valence-corrected chi connectivity index (χ3v) is 1.43. The van der Waals surface area contributed by atoms with E-state index in [1.807, 2.05) is 6.07 Å². The zero-order chi connectivity index (χ0) is 9.68. The van der Waals surface area contributed by atoms with E-state index in [0.717, 1.165) is 0 Å². The van der Waals surface area contributed by atoms with Crippen LogP contribution in [-0.4, -0.2) is 16.8 Å². The molecule has 0 fully saturated rings. The zero-order valence-corrected chi connectivity index (χ0v) is 6.78. The molecule has 1 aromatic rings. The summed E-state index contributed by atoms with van der Waals surface area (Å²) >= 11 is 0. The molecule has 64 valence electrons. The van der Waals surface area contributed by atoms with Crippen LogP contribution in [0.4, 0.5) is 0 Å². The highest BCUT2D eigenvalue weighted by Gasteiger charge is 1.98. The number of aromatic hydroxyl groups is 1. The minimum absolute atomic E-state index is 0.0905. The largest absolute Gasteiger partial charge is 0.507 e. The fourth-order valence-electron chi connectivity index (χ4n) is 0.846. The summed E-state index contributed by atoms with van der Waals surface area (Å²) < 4.78 is 0. The lowest BCUT2D eigenvalue weighted by molar-refractivity contribution is 0.350. The van der Waals surface area contributed by atoms with Crippen molar-refractivity contribution in [2.45, 2.75) is 0 Å². The number of benzene rings is 1. The van der Waals surface area contributed by atoms with Crippen molar-refractivity contribution in [3.63, 3.8) is 0 Å². The van der Waals surface area contributed by atoms with E-state index >= 15 is 0 Å². The first-order valence-corrected chi connectivity index (χ1v) is 3.61. The Morgan fingerprint density at radius 3 is 2.69 bits per heavy atom. The molecule has 0 aliphatic rings. The summed E-state index contributed by atoms with van der Waals surface area (Å²) in [4.78, 5) is 0. The van der Waals surface area contributed by atoms with Gasteiger partial charge < -0.3 is 10.2 Å². The molecule has 0 heterocycles. The number of rotatable bonds is 0. The van der Waals surface area contributed by atoms with Crippen molar-refractivity contribution in [1.29, 1.82) is 5.26 Å². The maximum absolute atomic E-state index is 9.24. The molecule has 0 atom stereocenters. The molecule has 0 aliphatic heterocycles. The SMILES string of the molecule is N#Cc1ccc(C#CCO)cc1O. The van der Waals surface area contributed by atoms with Gasteiger partial charge in [-0.2, -0.15) is 5.26 Å². The normalized spacial score (nSPS) is 8.31. The second kappa shape index (κ2) is 4.15. The topological polar surface area (TPSA) is 64.2 Å². The Kier molecular flexibility index (Phi) is 2.92. The number of nitriles is 1. The lowest BCUT2D eigenvalue weighted by Gasteiger charge is -1.95. The first kappa shape index (κ1) is 9.12. The minimum atomic E-state index is -0.221. The van der Waals surface area contributed by atoms with E-state index in [1.54, 1.807) is 6.07 Å². The number of hydrogen-bond donors (Lipinski definition) is 2. The molecule has 0 radical (unpaired) electrons. The van der Waals surface area contributed by atoms with Gasteiger partial charge in [0.05, 0.1) is 5.56 Å². The predicted molar refractivity (Wildman–Crippen MR) is 46.8 cm³/mol. The molecule has 0 spiro atoms. The van der Waals surface area contributed by atoms with Gasteiger partial charge in [0, 0.05) is 5.56 Å². The monoisotopic (exact) mass is 173 g/mol. The van der Waals surface area contributed by atoms with Crippen LogP contribution >= 0.6 is 0 Å². The van der Waals surface area contributed by atoms with Crippen LogP contribution < -0.4 is 0 Å². The average Bonchev–Trinajstić information content (AvgIpc) is 2.15. The molecule has 3 nitrogen and oxygen atoms in total. The molecule has 0 saturated carbocycles. The van der Waals surface area contributed by atoms with Crippen molar-refractivity contribution in [3.05, 3.63) is 29.3 Å². The highest BCUT2D eigenvalue weighted by atomic mass is 16.3. The first-order chi connectivity index (χ1) is 6.27. The fourth-order valence-corrected chi connectivity index (χ4v) is 0.846. The standard InChI is InChI=1S/C10H7NO2/c11-7-9-4-3-8(2-1-5-12)6-10(9)13/h3-4,6,12-13H,5H2. The summed E-state index contributed by atoms with van der Waals surface area (Å²) in [5.41, 5.74) is 0.792. The lowest BCUT2D eigenvalue weighted by atomic mass is 10.1. The van der Waals surface area contributed by atoms with Crippen molar-refractivity contribution >= 4 is 0 Å². The summed E-state index contributed by atoms with van der Waals surface area (Å²) in [6.07, 6.45) is 0. The van der Waals surface area contributed by atoms with Crippen molar-refractivity contribution in [2.24, 2.45) is 0 Å². The maximum atomic E-state index is 9.24. The molecule has 2 N–H and O–H groups in total. The Labute approximate surface area is 75.9 Å². The van der Waals surface area contributed by atoms with Crippen molar-refractivity contribution in [3.8, 4) is 23.7 Å². The number of phenolic OH excluding ortho intramolecular Hbond substituents is 1. The Bertz CT molecular complexity index is 407. The van der Waals surface area contributed by atoms with Gasteiger partial charge >= 0.3 is 0 Å². The van der Waals surface area contributed by atoms with Crippen LogP contribution in [0.15, 0.2) is 18.2 Å². The predicted octanol–water partition coefficient (Wildman–Crippen LogP) is 0.608. The van der Waals surface area contributed by atoms with Crippen LogP contribution in [0.3, 0.4) is 0 Å². The average molecular weight is 173 g/mol. The van der Waals surface area contributed by atoms with Gasteiger partial charge in [-0.1, -0.05) is 11.8 Å². The Morgan fingerprint density at radius 1 is 1.38 bits per heavy atom. The molecule has 0 unspecified atom stereocenters. The van der Waals surface area contributed by atoms with E-state index in [1.165, 1.54) is 12.1 Å². The first-order valence-electron chi connectivity index (χ1n) is 3.61. The zero-order valence-electron chi connectivity index (χ0n) is 6.78. The molecular formula is C10H7NO2. The minimum Gasteiger partial charge on any atom is -0.507 e. The number of aliphatic hydroxyl groups is 1. The second-order valence-corrected chi connectivity index (χ2v) is 2.30. The molecule has 0 saturated heterocycles. The molecule has 1 aromatic carbocycles. The summed E-state index contributed by atoms with van der Waals surface area (Å²) in [5, 5.41) is 26.1. The number of nitrogens with zero attached hydrogens (tertiary/aromatic N) is 1. The third kappa shape index (κ3) is 2.23. The van der Waals surface area contributed by atoms with E-state index in [0.29, 0.717) is 5.56 Å². The summed E-state index contributed by atoms with van der Waals surface area (Å²) in [6.45, 7) is -0.221. The van der Waals surface area contributed by atoms with E-state index in [9.17, 15) is 5.11 Å². The van der Waals surface area contributed by atoms with Crippen LogP contribution in [0.5, 0.6) is 5.75 Å². The summed E-state index contributed by atoms with van der Waals surface area (Å²) in [7, 11) is 0. The van der Waals surface area contributed by atoms with Crippen LogP contribution in [-0.2, 0) is 0 Å². The molecule has 0 amide bonds. The van der Waals surface area contributed by atoms with Gasteiger partial charge in [0.2, 0.25) is 0 Å². The Morgan fingerprint density at radius 2 is 2.15 bits per heavy atom. The van der Waals surface area contributed by atoms with Crippen LogP contribution in [0.25, 0.3) is 0 Å². The maximum Gasteiger partial charge on any atom is 0.134 e. The number of hydrogen-bond acceptors (Lipinski definition) is 3. The smallest absolute Gasteiger partial charge is 0.134 e. The van der Waals surface area contributed by atoms with Gasteiger partial charge in [-0.05, 0) is 18.2 Å². The fraction of sp³-hybridized carbons (Fsp3) is 0.100. The molecule has 1 rings (SSSR count). The Hall–Kier alpha value is -1.97. The molecule has 0 bridgehead atoms. The van der Waals surface area contributed by atoms with E-state index in [4.69, 9.17) is 10.4 Å². The number of phenols is 1. The van der Waals surface area contributed by atoms with Gasteiger partial charge in [-0.15, -0.1) is 0 Å². The second-order valence-electron chi connectivity index (χ2n) is 2.30. The van der Waals surface area contributed by atoms with E-state index < -0.39 is 0 Å². The third-order valence-electron chi connectivity index (χ3n) is 1.43. The van der Waals surface area contributed by atoms with Gasteiger partial charge in [0.25, 0.3) is 0 Å². The molecule has 13 heavy (non-hydrogen) atoms. The number of aliphatic hydroxyl groups excluding tert-OH is 1. The molecule has 0 aliphatic carbocycles. The molecule has 0 aromatic heterocycles. The quantitative estimate of drug-likeness (QED) is 0.565. The van der Waals surface area contributed by atoms with Gasteiger partial charge in [-0.3, -0.25) is 0 Å². The van der Waals surface area contributed by atoms with Crippen LogP contribution in [0, 0.1) is 23.2 Å². The molecular weight excluding hydrogens is 166 g/mol. The molecule has 3 heteroatoms. The highest BCUT2D eigenvalue weighted by molar-refractivity contribution is 5.48. The Balaban J connectivity index is 3.04. The van der Waals surface area contributed by atoms with E-state index in [-0.39, 0.29) is 17.9 Å². The van der Waals surface area contributed by atoms with E-state index in [2.05, 4.69) is 11.8 Å². The summed E-state index contributed by atoms with van der Waals surface area (Å²) in [5.74, 6) is 4.97. The van der Waals surface area contributed by atoms with Crippen molar-refractivity contribution in [1.82, 2.24) is 0 Å². The van der Waals surface area contributed by atoms with Gasteiger partial charge in [0.15, 0.2) is 0 Å². The summed E-state index contributed by atoms with van der Waals surface area (Å²) in [6, 6.07) is 6.32. The lowest BCUT2D eigenvalue weighted by Crippen LogP contribution is -1.80. The van der Waals surface area contributed by atoms with Crippen molar-refractivity contribution in [2.75, 3.05) is 6.61 Å². The van der Waals surface area contributed by atoms with Gasteiger partial charge in [-0.25, -0.2) is 0 Å². The van der Waals surface area contributed by atoms with Crippen LogP contribution in [0.1, 0.15) is 11.1 Å².